The number of hydrogen-bond donors (Lipinski definition) is 2. The van der Waals surface area contributed by atoms with E-state index in [-0.39, 0.29) is 17.7 Å². The molecule has 2 N–H and O–H groups in total. The van der Waals surface area contributed by atoms with Crippen molar-refractivity contribution in [1.82, 2.24) is 10.6 Å². The van der Waals surface area contributed by atoms with Crippen LogP contribution in [0.5, 0.6) is 0 Å². The number of rotatable bonds is 10. The summed E-state index contributed by atoms with van der Waals surface area (Å²) in [5, 5.41) is 5.80. The molecule has 0 saturated carbocycles. The lowest BCUT2D eigenvalue weighted by atomic mass is 10.1. The van der Waals surface area contributed by atoms with Crippen molar-refractivity contribution in [3.8, 4) is 12.3 Å². The second-order valence-corrected chi connectivity index (χ2v) is 4.39. The van der Waals surface area contributed by atoms with Gasteiger partial charge in [-0.05, 0) is 46.2 Å². The summed E-state index contributed by atoms with van der Waals surface area (Å²) in [6.45, 7) is 2.41. The molecule has 0 aromatic carbocycles. The fourth-order valence-electron chi connectivity index (χ4n) is 1.64. The predicted octanol–water partition coefficient (Wildman–Crippen LogP) is 1.25. The third kappa shape index (κ3) is 8.77. The first kappa shape index (κ1) is 16.7. The molecule has 0 aliphatic heterocycles. The van der Waals surface area contributed by atoms with Gasteiger partial charge in [0.2, 0.25) is 5.91 Å². The van der Waals surface area contributed by atoms with Crippen LogP contribution < -0.4 is 10.6 Å². The molecule has 0 saturated heterocycles. The fraction of sp³-hybridized carbons (Fsp3) is 0.714. The minimum absolute atomic E-state index is 0.00408. The molecule has 1 unspecified atom stereocenters. The molecule has 18 heavy (non-hydrogen) atoms. The molecule has 0 rings (SSSR count). The Morgan fingerprint density at radius 1 is 1.28 bits per heavy atom. The topological polar surface area (TPSA) is 58.2 Å². The average molecular weight is 252 g/mol. The summed E-state index contributed by atoms with van der Waals surface area (Å²) < 4.78 is 0. The van der Waals surface area contributed by atoms with Gasteiger partial charge in [-0.15, -0.1) is 12.3 Å². The summed E-state index contributed by atoms with van der Waals surface area (Å²) in [5.74, 6) is 2.48. The smallest absolute Gasteiger partial charge is 0.220 e. The van der Waals surface area contributed by atoms with Crippen LogP contribution in [0.1, 0.15) is 45.4 Å². The van der Waals surface area contributed by atoms with Gasteiger partial charge in [0.25, 0.3) is 0 Å². The van der Waals surface area contributed by atoms with Crippen LogP contribution in [0.15, 0.2) is 0 Å². The summed E-state index contributed by atoms with van der Waals surface area (Å²) in [4.78, 5) is 23.0. The Hall–Kier alpha value is -1.34. The molecule has 0 spiro atoms. The molecule has 102 valence electrons. The van der Waals surface area contributed by atoms with Gasteiger partial charge in [-0.25, -0.2) is 0 Å². The maximum absolute atomic E-state index is 11.6. The van der Waals surface area contributed by atoms with Crippen molar-refractivity contribution in [1.29, 1.82) is 0 Å². The molecule has 0 aliphatic carbocycles. The lowest BCUT2D eigenvalue weighted by Gasteiger charge is -2.15. The number of ketones is 1. The van der Waals surface area contributed by atoms with Crippen LogP contribution in [0.2, 0.25) is 0 Å². The van der Waals surface area contributed by atoms with E-state index in [0.717, 1.165) is 25.8 Å². The summed E-state index contributed by atoms with van der Waals surface area (Å²) in [6, 6.07) is -0.379. The Balaban J connectivity index is 3.89. The standard InChI is InChI=1S/C14H24N2O2/c1-4-5-6-9-13(12(2)17)16-14(18)10-7-8-11-15-3/h1,13,15H,5-11H2,2-3H3,(H,16,18). The normalized spacial score (nSPS) is 11.6. The van der Waals surface area contributed by atoms with E-state index in [1.807, 2.05) is 7.05 Å². The number of amides is 1. The van der Waals surface area contributed by atoms with Gasteiger partial charge in [-0.1, -0.05) is 0 Å². The number of unbranched alkanes of at least 4 members (excludes halogenated alkanes) is 2. The highest BCUT2D eigenvalue weighted by Crippen LogP contribution is 2.03. The van der Waals surface area contributed by atoms with Crippen molar-refractivity contribution in [2.24, 2.45) is 0 Å². The maximum atomic E-state index is 11.6. The molecule has 4 heteroatoms. The second-order valence-electron chi connectivity index (χ2n) is 4.39. The van der Waals surface area contributed by atoms with E-state index in [2.05, 4.69) is 16.6 Å². The number of hydrogen-bond acceptors (Lipinski definition) is 3. The van der Waals surface area contributed by atoms with Crippen LogP contribution >= 0.6 is 0 Å². The number of carbonyl (C=O) groups excluding carboxylic acids is 2. The molecule has 0 radical (unpaired) electrons. The zero-order valence-electron chi connectivity index (χ0n) is 11.4. The second kappa shape index (κ2) is 10.8. The minimum atomic E-state index is -0.379. The molecular weight excluding hydrogens is 228 g/mol. The van der Waals surface area contributed by atoms with E-state index < -0.39 is 0 Å². The van der Waals surface area contributed by atoms with Gasteiger partial charge in [0.15, 0.2) is 5.78 Å². The van der Waals surface area contributed by atoms with Crippen LogP contribution in [-0.4, -0.2) is 31.3 Å². The lowest BCUT2D eigenvalue weighted by Crippen LogP contribution is -2.39. The van der Waals surface area contributed by atoms with E-state index in [0.29, 0.717) is 19.3 Å². The van der Waals surface area contributed by atoms with Crippen molar-refractivity contribution >= 4 is 11.7 Å². The van der Waals surface area contributed by atoms with Gasteiger partial charge < -0.3 is 10.6 Å². The zero-order valence-corrected chi connectivity index (χ0v) is 11.4. The predicted molar refractivity (Wildman–Crippen MR) is 73.1 cm³/mol. The molecule has 4 nitrogen and oxygen atoms in total. The lowest BCUT2D eigenvalue weighted by molar-refractivity contribution is -0.127. The molecule has 0 aromatic rings. The molecule has 0 heterocycles. The Labute approximate surface area is 110 Å². The van der Waals surface area contributed by atoms with Gasteiger partial charge in [0, 0.05) is 12.8 Å². The minimum Gasteiger partial charge on any atom is -0.346 e. The first-order chi connectivity index (χ1) is 8.61. The Morgan fingerprint density at radius 3 is 2.56 bits per heavy atom. The molecule has 0 aliphatic rings. The van der Waals surface area contributed by atoms with Crippen molar-refractivity contribution in [3.05, 3.63) is 0 Å². The van der Waals surface area contributed by atoms with E-state index in [9.17, 15) is 9.59 Å². The summed E-state index contributed by atoms with van der Waals surface area (Å²) in [7, 11) is 1.89. The number of Topliss-reactive ketones (excluding diaryl/α,β-unsaturated/α-hetero) is 1. The SMILES string of the molecule is C#CCCCC(NC(=O)CCCCNC)C(C)=O. The Morgan fingerprint density at radius 2 is 2.00 bits per heavy atom. The average Bonchev–Trinajstić information content (AvgIpc) is 2.33. The summed E-state index contributed by atoms with van der Waals surface area (Å²) in [5.41, 5.74) is 0. The monoisotopic (exact) mass is 252 g/mol. The fourth-order valence-corrected chi connectivity index (χ4v) is 1.64. The first-order valence-electron chi connectivity index (χ1n) is 6.49. The third-order valence-electron chi connectivity index (χ3n) is 2.72. The van der Waals surface area contributed by atoms with Gasteiger partial charge >= 0.3 is 0 Å². The van der Waals surface area contributed by atoms with Crippen LogP contribution in [0.4, 0.5) is 0 Å². The third-order valence-corrected chi connectivity index (χ3v) is 2.72. The zero-order chi connectivity index (χ0) is 13.8. The first-order valence-corrected chi connectivity index (χ1v) is 6.49. The van der Waals surface area contributed by atoms with E-state index in [4.69, 9.17) is 6.42 Å². The van der Waals surface area contributed by atoms with Gasteiger partial charge in [-0.3, -0.25) is 9.59 Å². The highest BCUT2D eigenvalue weighted by atomic mass is 16.2. The molecule has 1 atom stereocenters. The van der Waals surface area contributed by atoms with Crippen LogP contribution in [0.25, 0.3) is 0 Å². The number of terminal acetylenes is 1. The Bertz CT molecular complexity index is 295. The maximum Gasteiger partial charge on any atom is 0.220 e. The summed E-state index contributed by atoms with van der Waals surface area (Å²) >= 11 is 0. The molecule has 0 aromatic heterocycles. The van der Waals surface area contributed by atoms with E-state index >= 15 is 0 Å². The van der Waals surface area contributed by atoms with Crippen molar-refractivity contribution in [3.63, 3.8) is 0 Å². The van der Waals surface area contributed by atoms with Crippen LogP contribution in [0, 0.1) is 12.3 Å². The van der Waals surface area contributed by atoms with Crippen molar-refractivity contribution in [2.45, 2.75) is 51.5 Å². The molecule has 1 amide bonds. The number of nitrogens with one attached hydrogen (secondary N) is 2. The highest BCUT2D eigenvalue weighted by molar-refractivity contribution is 5.87. The van der Waals surface area contributed by atoms with Gasteiger partial charge in [-0.2, -0.15) is 0 Å². The summed E-state index contributed by atoms with van der Waals surface area (Å²) in [6.07, 6.45) is 9.46. The number of carbonyl (C=O) groups is 2. The van der Waals surface area contributed by atoms with Gasteiger partial charge in [0.1, 0.15) is 0 Å². The van der Waals surface area contributed by atoms with E-state index in [1.54, 1.807) is 0 Å². The van der Waals surface area contributed by atoms with Crippen LogP contribution in [0.3, 0.4) is 0 Å². The molecular formula is C14H24N2O2. The quantitative estimate of drug-likeness (QED) is 0.454. The molecule has 0 bridgehead atoms. The molecule has 0 fully saturated rings. The van der Waals surface area contributed by atoms with Crippen molar-refractivity contribution < 1.29 is 9.59 Å². The van der Waals surface area contributed by atoms with Crippen molar-refractivity contribution in [2.75, 3.05) is 13.6 Å². The van der Waals surface area contributed by atoms with Crippen LogP contribution in [-0.2, 0) is 9.59 Å². The van der Waals surface area contributed by atoms with E-state index in [1.165, 1.54) is 6.92 Å². The Kier molecular flexibility index (Phi) is 9.99. The van der Waals surface area contributed by atoms with Gasteiger partial charge in [0.05, 0.1) is 6.04 Å². The largest absolute Gasteiger partial charge is 0.346 e. The highest BCUT2D eigenvalue weighted by Gasteiger charge is 2.15.